The number of hydrogen-bond donors (Lipinski definition) is 1. The van der Waals surface area contributed by atoms with Gasteiger partial charge < -0.3 is 5.32 Å². The van der Waals surface area contributed by atoms with Gasteiger partial charge in [0.15, 0.2) is 11.6 Å². The van der Waals surface area contributed by atoms with E-state index in [1.165, 1.54) is 13.0 Å². The Kier molecular flexibility index (Phi) is 4.37. The third-order valence-corrected chi connectivity index (χ3v) is 4.09. The summed E-state index contributed by atoms with van der Waals surface area (Å²) < 4.78 is 17.2. The fourth-order valence-electron chi connectivity index (χ4n) is 2.83. The Morgan fingerprint density at radius 3 is 2.85 bits per heavy atom. The van der Waals surface area contributed by atoms with Crippen LogP contribution in [0.15, 0.2) is 55.0 Å². The molecule has 0 saturated heterocycles. The molecular formula is C19H17FN6O. The van der Waals surface area contributed by atoms with E-state index in [9.17, 15) is 9.18 Å². The fraction of sp³-hybridized carbons (Fsp3) is 0.158. The van der Waals surface area contributed by atoms with E-state index in [0.29, 0.717) is 23.7 Å². The zero-order valence-electron chi connectivity index (χ0n) is 14.6. The second-order valence-electron chi connectivity index (χ2n) is 6.25. The minimum atomic E-state index is -0.260. The molecule has 7 nitrogen and oxygen atoms in total. The normalized spacial score (nSPS) is 11.0. The molecule has 136 valence electrons. The first-order chi connectivity index (χ1) is 13.1. The van der Waals surface area contributed by atoms with Crippen molar-refractivity contribution in [1.82, 2.24) is 24.5 Å². The summed E-state index contributed by atoms with van der Waals surface area (Å²) in [5, 5.41) is 12.6. The van der Waals surface area contributed by atoms with E-state index in [1.807, 2.05) is 6.07 Å². The summed E-state index contributed by atoms with van der Waals surface area (Å²) in [5.74, 6) is 0.944. The van der Waals surface area contributed by atoms with Crippen molar-refractivity contribution in [3.05, 3.63) is 66.4 Å². The molecular weight excluding hydrogens is 347 g/mol. The van der Waals surface area contributed by atoms with Crippen LogP contribution in [0.1, 0.15) is 12.5 Å². The van der Waals surface area contributed by atoms with Crippen molar-refractivity contribution < 1.29 is 9.18 Å². The van der Waals surface area contributed by atoms with Gasteiger partial charge in [-0.25, -0.2) is 9.37 Å². The molecule has 27 heavy (non-hydrogen) atoms. The molecule has 3 aromatic heterocycles. The van der Waals surface area contributed by atoms with E-state index < -0.39 is 0 Å². The van der Waals surface area contributed by atoms with E-state index in [0.717, 1.165) is 10.9 Å². The van der Waals surface area contributed by atoms with Crippen molar-refractivity contribution in [2.75, 3.05) is 5.32 Å². The molecule has 0 spiro atoms. The van der Waals surface area contributed by atoms with Gasteiger partial charge in [0.1, 0.15) is 11.6 Å². The van der Waals surface area contributed by atoms with Crippen molar-refractivity contribution in [1.29, 1.82) is 0 Å². The Balaban J connectivity index is 1.59. The third-order valence-electron chi connectivity index (χ3n) is 4.09. The maximum Gasteiger partial charge on any atom is 0.153 e. The molecule has 0 fully saturated rings. The Morgan fingerprint density at radius 2 is 2.04 bits per heavy atom. The van der Waals surface area contributed by atoms with Gasteiger partial charge >= 0.3 is 0 Å². The number of benzene rings is 1. The van der Waals surface area contributed by atoms with Crippen LogP contribution in [0.25, 0.3) is 10.9 Å². The van der Waals surface area contributed by atoms with Gasteiger partial charge in [0.2, 0.25) is 0 Å². The molecule has 0 amide bonds. The number of Topliss-reactive ketones (excluding diaryl/α,β-unsaturated/α-hetero) is 1. The molecule has 0 bridgehead atoms. The molecule has 0 saturated carbocycles. The number of carbonyl (C=O) groups is 1. The topological polar surface area (TPSA) is 77.6 Å². The quantitative estimate of drug-likeness (QED) is 0.569. The van der Waals surface area contributed by atoms with E-state index in [-0.39, 0.29) is 18.1 Å². The Morgan fingerprint density at radius 1 is 1.19 bits per heavy atom. The zero-order valence-corrected chi connectivity index (χ0v) is 14.6. The van der Waals surface area contributed by atoms with Gasteiger partial charge in [-0.3, -0.25) is 14.2 Å². The van der Waals surface area contributed by atoms with E-state index in [2.05, 4.69) is 20.5 Å². The molecule has 0 aliphatic carbocycles. The maximum atomic E-state index is 13.9. The van der Waals surface area contributed by atoms with Crippen LogP contribution in [-0.2, 0) is 17.9 Å². The molecule has 8 heteroatoms. The first kappa shape index (κ1) is 16.9. The number of ketones is 1. The SMILES string of the molecule is CC(=O)Cn1ccc(Nc2cc3c(cn2)cnn3Cc2ccccc2F)n1. The van der Waals surface area contributed by atoms with Crippen LogP contribution in [0.4, 0.5) is 16.0 Å². The molecule has 4 rings (SSSR count). The highest BCUT2D eigenvalue weighted by molar-refractivity contribution is 5.81. The lowest BCUT2D eigenvalue weighted by Gasteiger charge is -2.07. The maximum absolute atomic E-state index is 13.9. The van der Waals surface area contributed by atoms with Crippen molar-refractivity contribution in [2.24, 2.45) is 0 Å². The number of hydrogen-bond acceptors (Lipinski definition) is 5. The third kappa shape index (κ3) is 3.69. The van der Waals surface area contributed by atoms with Crippen molar-refractivity contribution >= 4 is 28.3 Å². The second kappa shape index (κ2) is 6.99. The molecule has 0 unspecified atom stereocenters. The summed E-state index contributed by atoms with van der Waals surface area (Å²) in [6.07, 6.45) is 5.13. The number of nitrogens with one attached hydrogen (secondary N) is 1. The number of anilines is 2. The van der Waals surface area contributed by atoms with E-state index in [1.54, 1.807) is 52.2 Å². The van der Waals surface area contributed by atoms with E-state index in [4.69, 9.17) is 0 Å². The summed E-state index contributed by atoms with van der Waals surface area (Å²) in [6, 6.07) is 10.3. The van der Waals surface area contributed by atoms with Crippen LogP contribution in [-0.4, -0.2) is 30.3 Å². The van der Waals surface area contributed by atoms with Crippen LogP contribution < -0.4 is 5.32 Å². The highest BCUT2D eigenvalue weighted by Gasteiger charge is 2.09. The largest absolute Gasteiger partial charge is 0.323 e. The summed E-state index contributed by atoms with van der Waals surface area (Å²) in [6.45, 7) is 2.07. The lowest BCUT2D eigenvalue weighted by molar-refractivity contribution is -0.117. The van der Waals surface area contributed by atoms with Gasteiger partial charge in [-0.2, -0.15) is 10.2 Å². The number of halogens is 1. The Labute approximate surface area is 154 Å². The van der Waals surface area contributed by atoms with Gasteiger partial charge in [0.05, 0.1) is 24.8 Å². The minimum absolute atomic E-state index is 0.0289. The number of nitrogens with zero attached hydrogens (tertiary/aromatic N) is 5. The van der Waals surface area contributed by atoms with E-state index >= 15 is 0 Å². The molecule has 3 heterocycles. The zero-order chi connectivity index (χ0) is 18.8. The Bertz CT molecular complexity index is 1120. The molecule has 0 atom stereocenters. The fourth-order valence-corrected chi connectivity index (χ4v) is 2.83. The van der Waals surface area contributed by atoms with Gasteiger partial charge in [0, 0.05) is 35.5 Å². The molecule has 0 aliphatic heterocycles. The number of aromatic nitrogens is 5. The predicted molar refractivity (Wildman–Crippen MR) is 99.2 cm³/mol. The number of carbonyl (C=O) groups excluding carboxylic acids is 1. The monoisotopic (exact) mass is 364 g/mol. The van der Waals surface area contributed by atoms with Crippen molar-refractivity contribution in [2.45, 2.75) is 20.0 Å². The predicted octanol–water partition coefficient (Wildman–Crippen LogP) is 3.15. The molecule has 0 radical (unpaired) electrons. The van der Waals surface area contributed by atoms with Gasteiger partial charge in [-0.15, -0.1) is 0 Å². The molecule has 4 aromatic rings. The van der Waals surface area contributed by atoms with Crippen LogP contribution in [0.5, 0.6) is 0 Å². The number of rotatable bonds is 6. The highest BCUT2D eigenvalue weighted by atomic mass is 19.1. The first-order valence-corrected chi connectivity index (χ1v) is 8.43. The summed E-state index contributed by atoms with van der Waals surface area (Å²) in [4.78, 5) is 15.5. The smallest absolute Gasteiger partial charge is 0.153 e. The Hall–Kier alpha value is -3.55. The van der Waals surface area contributed by atoms with Crippen LogP contribution in [0.3, 0.4) is 0 Å². The molecule has 0 aliphatic rings. The van der Waals surface area contributed by atoms with Gasteiger partial charge in [-0.1, -0.05) is 18.2 Å². The average Bonchev–Trinajstić information content (AvgIpc) is 3.23. The van der Waals surface area contributed by atoms with Crippen molar-refractivity contribution in [3.8, 4) is 0 Å². The van der Waals surface area contributed by atoms with Crippen molar-refractivity contribution in [3.63, 3.8) is 0 Å². The molecule has 1 aromatic carbocycles. The summed E-state index contributed by atoms with van der Waals surface area (Å²) in [5.41, 5.74) is 1.40. The summed E-state index contributed by atoms with van der Waals surface area (Å²) in [7, 11) is 0. The number of fused-ring (bicyclic) bond motifs is 1. The van der Waals surface area contributed by atoms with Gasteiger partial charge in [0.25, 0.3) is 0 Å². The van der Waals surface area contributed by atoms with Gasteiger partial charge in [-0.05, 0) is 13.0 Å². The standard InChI is InChI=1S/C19H17FN6O/c1-13(27)11-25-7-6-18(24-25)23-19-8-17-15(9-21-19)10-22-26(17)12-14-4-2-3-5-16(14)20/h2-10H,11-12H2,1H3,(H,21,23,24). The lowest BCUT2D eigenvalue weighted by atomic mass is 10.2. The van der Waals surface area contributed by atoms with Crippen LogP contribution >= 0.6 is 0 Å². The van der Waals surface area contributed by atoms with Crippen LogP contribution in [0, 0.1) is 5.82 Å². The minimum Gasteiger partial charge on any atom is -0.323 e. The first-order valence-electron chi connectivity index (χ1n) is 8.43. The lowest BCUT2D eigenvalue weighted by Crippen LogP contribution is -2.07. The summed E-state index contributed by atoms with van der Waals surface area (Å²) >= 11 is 0. The molecule has 1 N–H and O–H groups in total. The highest BCUT2D eigenvalue weighted by Crippen LogP contribution is 2.20. The number of pyridine rings is 1. The van der Waals surface area contributed by atoms with Crippen LogP contribution in [0.2, 0.25) is 0 Å². The second-order valence-corrected chi connectivity index (χ2v) is 6.25. The average molecular weight is 364 g/mol.